The van der Waals surface area contributed by atoms with Crippen LogP contribution in [-0.4, -0.2) is 84.2 Å². The molecule has 0 fully saturated rings. The van der Waals surface area contributed by atoms with Crippen molar-refractivity contribution in [3.63, 3.8) is 0 Å². The SMILES string of the molecule is COc1cc(O)c(SCC(=O)NCCCC[C@@H](NC(=O)[C@@H](N)C(C)C)C(=O)NCCCC(=O)O)c(OC)c1O. The number of carboxylic acid groups (broad SMARTS) is 1. The minimum atomic E-state index is -0.962. The smallest absolute Gasteiger partial charge is 0.303 e. The van der Waals surface area contributed by atoms with E-state index in [1.165, 1.54) is 20.3 Å². The quantitative estimate of drug-likeness (QED) is 0.0747. The molecule has 3 amide bonds. The van der Waals surface area contributed by atoms with Crippen LogP contribution in [0.2, 0.25) is 0 Å². The zero-order valence-corrected chi connectivity index (χ0v) is 23.6. The van der Waals surface area contributed by atoms with Crippen LogP contribution in [0.3, 0.4) is 0 Å². The second-order valence-electron chi connectivity index (χ2n) is 9.06. The van der Waals surface area contributed by atoms with Gasteiger partial charge in [-0.05, 0) is 31.6 Å². The van der Waals surface area contributed by atoms with Crippen molar-refractivity contribution in [2.45, 2.75) is 62.9 Å². The fourth-order valence-electron chi connectivity index (χ4n) is 3.38. The number of amides is 3. The molecule has 0 aliphatic rings. The highest BCUT2D eigenvalue weighted by molar-refractivity contribution is 8.00. The average Bonchev–Trinajstić information content (AvgIpc) is 2.89. The number of carbonyl (C=O) groups is 4. The van der Waals surface area contributed by atoms with Crippen LogP contribution in [0.1, 0.15) is 46.0 Å². The van der Waals surface area contributed by atoms with Crippen molar-refractivity contribution in [2.75, 3.05) is 33.1 Å². The normalized spacial score (nSPS) is 12.4. The summed E-state index contributed by atoms with van der Waals surface area (Å²) in [4.78, 5) is 48.2. The standard InChI is InChI=1S/C25H40N4O9S/c1-14(2)20(26)25(36)29-15(24(35)28-11-7-9-19(32)33)8-5-6-10-27-18(31)13-39-23-16(30)12-17(37-3)21(34)22(23)38-4/h12,14-15,20,30,34H,5-11,13,26H2,1-4H3,(H,27,31)(H,28,35)(H,29,36)(H,32,33)/t15-,20+/m1/s1. The van der Waals surface area contributed by atoms with Crippen LogP contribution in [0, 0.1) is 5.92 Å². The van der Waals surface area contributed by atoms with Crippen LogP contribution in [-0.2, 0) is 19.2 Å². The van der Waals surface area contributed by atoms with E-state index in [4.69, 9.17) is 20.3 Å². The van der Waals surface area contributed by atoms with E-state index in [1.807, 2.05) is 0 Å². The molecule has 1 aromatic carbocycles. The number of benzene rings is 1. The van der Waals surface area contributed by atoms with Crippen molar-refractivity contribution in [2.24, 2.45) is 11.7 Å². The summed E-state index contributed by atoms with van der Waals surface area (Å²) < 4.78 is 10.1. The summed E-state index contributed by atoms with van der Waals surface area (Å²) in [6.45, 7) is 4.05. The predicted molar refractivity (Wildman–Crippen MR) is 145 cm³/mol. The monoisotopic (exact) mass is 572 g/mol. The highest BCUT2D eigenvalue weighted by Crippen LogP contribution is 2.48. The molecule has 0 heterocycles. The zero-order chi connectivity index (χ0) is 29.5. The number of carboxylic acids is 1. The summed E-state index contributed by atoms with van der Waals surface area (Å²) >= 11 is 0.984. The maximum absolute atomic E-state index is 12.6. The second-order valence-corrected chi connectivity index (χ2v) is 10.0. The first-order valence-electron chi connectivity index (χ1n) is 12.5. The van der Waals surface area contributed by atoms with E-state index in [1.54, 1.807) is 13.8 Å². The van der Waals surface area contributed by atoms with Crippen molar-refractivity contribution in [3.8, 4) is 23.0 Å². The molecule has 0 aliphatic heterocycles. The predicted octanol–water partition coefficient (Wildman–Crippen LogP) is 0.943. The lowest BCUT2D eigenvalue weighted by Gasteiger charge is -2.22. The first-order valence-corrected chi connectivity index (χ1v) is 13.5. The first kappa shape index (κ1) is 33.6. The Balaban J connectivity index is 2.58. The van der Waals surface area contributed by atoms with E-state index >= 15 is 0 Å². The van der Waals surface area contributed by atoms with Gasteiger partial charge in [0.15, 0.2) is 11.5 Å². The Morgan fingerprint density at radius 1 is 1.00 bits per heavy atom. The maximum Gasteiger partial charge on any atom is 0.303 e. The van der Waals surface area contributed by atoms with Crippen LogP contribution >= 0.6 is 11.8 Å². The molecule has 1 rings (SSSR count). The number of rotatable bonds is 18. The van der Waals surface area contributed by atoms with E-state index in [0.29, 0.717) is 25.8 Å². The number of phenolic OH excluding ortho intramolecular Hbond substituents is 2. The van der Waals surface area contributed by atoms with Crippen molar-refractivity contribution in [3.05, 3.63) is 6.07 Å². The molecule has 0 radical (unpaired) electrons. The van der Waals surface area contributed by atoms with Gasteiger partial charge in [-0.25, -0.2) is 0 Å². The highest BCUT2D eigenvalue weighted by Gasteiger charge is 2.25. The summed E-state index contributed by atoms with van der Waals surface area (Å²) in [6, 6.07) is -0.407. The van der Waals surface area contributed by atoms with E-state index in [-0.39, 0.29) is 64.9 Å². The number of hydrogen-bond donors (Lipinski definition) is 7. The summed E-state index contributed by atoms with van der Waals surface area (Å²) in [6.07, 6.45) is 1.49. The van der Waals surface area contributed by atoms with E-state index in [0.717, 1.165) is 11.8 Å². The lowest BCUT2D eigenvalue weighted by Crippen LogP contribution is -2.53. The van der Waals surface area contributed by atoms with Gasteiger partial charge >= 0.3 is 5.97 Å². The molecule has 0 saturated heterocycles. The van der Waals surface area contributed by atoms with E-state index in [9.17, 15) is 29.4 Å². The first-order chi connectivity index (χ1) is 18.4. The molecular formula is C25H40N4O9S. The Morgan fingerprint density at radius 2 is 1.67 bits per heavy atom. The molecular weight excluding hydrogens is 532 g/mol. The molecule has 0 aromatic heterocycles. The Labute approximate surface area is 232 Å². The molecule has 2 atom stereocenters. The van der Waals surface area contributed by atoms with Gasteiger partial charge in [0.25, 0.3) is 0 Å². The average molecular weight is 573 g/mol. The summed E-state index contributed by atoms with van der Waals surface area (Å²) in [5, 5.41) is 37.2. The van der Waals surface area contributed by atoms with Crippen LogP contribution in [0.25, 0.3) is 0 Å². The van der Waals surface area contributed by atoms with Crippen molar-refractivity contribution in [1.29, 1.82) is 0 Å². The van der Waals surface area contributed by atoms with Crippen molar-refractivity contribution < 1.29 is 44.0 Å². The molecule has 13 nitrogen and oxygen atoms in total. The van der Waals surface area contributed by atoms with Gasteiger partial charge in [0.2, 0.25) is 23.5 Å². The second kappa shape index (κ2) is 17.2. The fourth-order valence-corrected chi connectivity index (χ4v) is 4.28. The molecule has 220 valence electrons. The zero-order valence-electron chi connectivity index (χ0n) is 22.7. The lowest BCUT2D eigenvalue weighted by molar-refractivity contribution is -0.137. The highest BCUT2D eigenvalue weighted by atomic mass is 32.2. The van der Waals surface area contributed by atoms with Gasteiger partial charge in [0, 0.05) is 25.6 Å². The number of aliphatic carboxylic acids is 1. The summed E-state index contributed by atoms with van der Waals surface area (Å²) in [7, 11) is 2.65. The van der Waals surface area contributed by atoms with Gasteiger partial charge in [-0.2, -0.15) is 0 Å². The number of carbonyl (C=O) groups excluding carboxylic acids is 3. The number of nitrogens with one attached hydrogen (secondary N) is 3. The van der Waals surface area contributed by atoms with Crippen LogP contribution < -0.4 is 31.2 Å². The molecule has 1 aromatic rings. The molecule has 0 unspecified atom stereocenters. The van der Waals surface area contributed by atoms with E-state index < -0.39 is 29.9 Å². The number of hydrogen-bond acceptors (Lipinski definition) is 10. The molecule has 0 bridgehead atoms. The van der Waals surface area contributed by atoms with Gasteiger partial charge in [-0.3, -0.25) is 19.2 Å². The van der Waals surface area contributed by atoms with Gasteiger partial charge in [-0.15, -0.1) is 11.8 Å². The van der Waals surface area contributed by atoms with Gasteiger partial charge in [-0.1, -0.05) is 13.8 Å². The Bertz CT molecular complexity index is 991. The Hall–Kier alpha value is -3.39. The number of thioether (sulfide) groups is 1. The Kier molecular flexibility index (Phi) is 14.9. The minimum Gasteiger partial charge on any atom is -0.506 e. The molecule has 0 saturated carbocycles. The van der Waals surface area contributed by atoms with E-state index in [2.05, 4.69) is 16.0 Å². The lowest BCUT2D eigenvalue weighted by atomic mass is 10.0. The topological polar surface area (TPSA) is 210 Å². The third-order valence-electron chi connectivity index (χ3n) is 5.69. The van der Waals surface area contributed by atoms with Crippen LogP contribution in [0.15, 0.2) is 11.0 Å². The van der Waals surface area contributed by atoms with Gasteiger partial charge in [0.1, 0.15) is 11.8 Å². The number of methoxy groups -OCH3 is 2. The van der Waals surface area contributed by atoms with Crippen LogP contribution in [0.4, 0.5) is 0 Å². The third-order valence-corrected chi connectivity index (χ3v) is 6.78. The summed E-state index contributed by atoms with van der Waals surface area (Å²) in [5.41, 5.74) is 5.89. The molecule has 39 heavy (non-hydrogen) atoms. The summed E-state index contributed by atoms with van der Waals surface area (Å²) in [5.74, 6) is -2.80. The number of ether oxygens (including phenoxy) is 2. The third kappa shape index (κ3) is 11.5. The van der Waals surface area contributed by atoms with Crippen LogP contribution in [0.5, 0.6) is 23.0 Å². The molecule has 0 spiro atoms. The van der Waals surface area contributed by atoms with Crippen molar-refractivity contribution >= 4 is 35.5 Å². The largest absolute Gasteiger partial charge is 0.506 e. The maximum atomic E-state index is 12.6. The van der Waals surface area contributed by atoms with Crippen molar-refractivity contribution in [1.82, 2.24) is 16.0 Å². The van der Waals surface area contributed by atoms with Gasteiger partial charge in [0.05, 0.1) is 30.9 Å². The number of phenols is 2. The minimum absolute atomic E-state index is 0.00355. The fraction of sp³-hybridized carbons (Fsp3) is 0.600. The number of unbranched alkanes of at least 4 members (excludes halogenated alkanes) is 1. The van der Waals surface area contributed by atoms with Gasteiger partial charge < -0.3 is 46.5 Å². The molecule has 0 aliphatic carbocycles. The molecule has 8 N–H and O–H groups in total. The molecule has 14 heteroatoms. The number of nitrogens with two attached hydrogens (primary N) is 1. The number of aromatic hydroxyl groups is 2. The Morgan fingerprint density at radius 3 is 2.26 bits per heavy atom.